The van der Waals surface area contributed by atoms with Gasteiger partial charge in [0.15, 0.2) is 5.58 Å². The fraction of sp³-hybridized carbons (Fsp3) is 0. The van der Waals surface area contributed by atoms with E-state index in [0.29, 0.717) is 5.69 Å². The molecule has 0 aliphatic carbocycles. The largest absolute Gasteiger partial charge is 0.454 e. The highest BCUT2D eigenvalue weighted by Crippen LogP contribution is 2.43. The van der Waals surface area contributed by atoms with Gasteiger partial charge < -0.3 is 13.6 Å². The molecule has 0 bridgehead atoms. The lowest BCUT2D eigenvalue weighted by Crippen LogP contribution is -1.94. The van der Waals surface area contributed by atoms with E-state index in [2.05, 4.69) is 0 Å². The summed E-state index contributed by atoms with van der Waals surface area (Å²) in [4.78, 5) is 0. The molecule has 0 amide bonds. The second-order valence-electron chi connectivity index (χ2n) is 11.8. The minimum absolute atomic E-state index is 0.0175. The Hall–Kier alpha value is -6.84. The zero-order valence-corrected chi connectivity index (χ0v) is 26.1. The SMILES string of the molecule is [2H]c1cc2c(cc1-c1c([2H])c([2H])c([2H])c3c1c1cc([2H])c([2H])c([2H])c1n3-c1ccccc1)c1c([2H])c([2H])c([2H])c([2H])c1n2-c1cc([2H])c([2H])c2c1oc1c([2H])c([2H])c([2H])c(-c3cc([2H])c([2H])c([2H])c3[2H])c12. The van der Waals surface area contributed by atoms with Gasteiger partial charge in [-0.05, 0) is 76.8 Å². The molecule has 0 atom stereocenters. The van der Waals surface area contributed by atoms with Crippen molar-refractivity contribution >= 4 is 65.6 Å². The van der Waals surface area contributed by atoms with Crippen LogP contribution in [0, 0.1) is 0 Å². The molecule has 3 aromatic heterocycles. The summed E-state index contributed by atoms with van der Waals surface area (Å²) in [7, 11) is 0. The van der Waals surface area contributed by atoms with Crippen molar-refractivity contribution in [3.05, 3.63) is 182 Å². The van der Waals surface area contributed by atoms with E-state index >= 15 is 0 Å². The molecule has 0 aliphatic rings. The van der Waals surface area contributed by atoms with Gasteiger partial charge in [0.05, 0.1) is 55.2 Å². The number of aromatic nitrogens is 2. The van der Waals surface area contributed by atoms with Crippen LogP contribution in [-0.2, 0) is 0 Å². The van der Waals surface area contributed by atoms with Crippen LogP contribution >= 0.6 is 0 Å². The molecular weight excluding hydrogens is 621 g/mol. The van der Waals surface area contributed by atoms with E-state index in [1.165, 1.54) is 33.4 Å². The Bertz CT molecular complexity index is 4290. The maximum Gasteiger partial charge on any atom is 0.159 e. The highest BCUT2D eigenvalue weighted by molar-refractivity contribution is 6.19. The molecule has 238 valence electrons. The van der Waals surface area contributed by atoms with E-state index in [4.69, 9.17) is 23.6 Å². The molecule has 0 saturated heterocycles. The molecule has 0 unspecified atom stereocenters. The predicted molar refractivity (Wildman–Crippen MR) is 213 cm³/mol. The molecule has 3 heteroatoms. The highest BCUT2D eigenvalue weighted by atomic mass is 16.3. The Morgan fingerprint density at radius 1 is 0.431 bits per heavy atom. The normalized spacial score (nSPS) is 17.4. The summed E-state index contributed by atoms with van der Waals surface area (Å²) < 4.78 is 188. The number of rotatable bonds is 4. The standard InChI is InChI=1S/C48H30N2O/c1-3-14-31(15-4-1)34-21-13-27-45-47(34)38-22-12-26-44(48(38)51-45)50-40-23-9-7-18-36(40)39-30-32(28-29-42(39)50)35-20-11-25-43-46(35)37-19-8-10-24-41(37)49(43)33-16-5-2-6-17-33/h1-30H/i1D,3D,4D,7D,8D,9D,10D,11D,12D,13D,14D,18D,20D,21D,22D,23D,24D,25D,27D,28D. The van der Waals surface area contributed by atoms with Gasteiger partial charge in [-0.3, -0.25) is 0 Å². The molecule has 0 saturated carbocycles. The minimum Gasteiger partial charge on any atom is -0.454 e. The monoisotopic (exact) mass is 670 g/mol. The number of hydrogen-bond donors (Lipinski definition) is 0. The molecule has 0 aliphatic heterocycles. The maximum atomic E-state index is 9.70. The first-order chi connectivity index (χ1) is 33.6. The number of para-hydroxylation sites is 4. The van der Waals surface area contributed by atoms with Crippen LogP contribution in [0.5, 0.6) is 0 Å². The maximum absolute atomic E-state index is 9.70. The first-order valence-corrected chi connectivity index (χ1v) is 15.8. The van der Waals surface area contributed by atoms with Crippen molar-refractivity contribution in [2.45, 2.75) is 0 Å². The fourth-order valence-electron chi connectivity index (χ4n) is 7.03. The van der Waals surface area contributed by atoms with E-state index in [9.17, 15) is 8.22 Å². The molecule has 11 aromatic rings. The Kier molecular flexibility index (Phi) is 3.18. The molecule has 0 fully saturated rings. The van der Waals surface area contributed by atoms with Crippen molar-refractivity contribution in [2.24, 2.45) is 0 Å². The topological polar surface area (TPSA) is 23.0 Å². The molecule has 11 rings (SSSR count). The second kappa shape index (κ2) is 10.8. The van der Waals surface area contributed by atoms with Crippen molar-refractivity contribution in [3.63, 3.8) is 0 Å². The van der Waals surface area contributed by atoms with Gasteiger partial charge in [0.2, 0.25) is 0 Å². The molecule has 3 heterocycles. The number of benzene rings is 8. The number of hydrogen-bond acceptors (Lipinski definition) is 1. The Morgan fingerprint density at radius 2 is 1.18 bits per heavy atom. The second-order valence-corrected chi connectivity index (χ2v) is 11.8. The van der Waals surface area contributed by atoms with Crippen LogP contribution in [0.4, 0.5) is 0 Å². The van der Waals surface area contributed by atoms with Crippen LogP contribution in [0.15, 0.2) is 186 Å². The zero-order chi connectivity index (χ0) is 50.9. The fourth-order valence-corrected chi connectivity index (χ4v) is 7.03. The Labute approximate surface area is 321 Å². The molecule has 0 radical (unpaired) electrons. The van der Waals surface area contributed by atoms with Crippen LogP contribution in [0.2, 0.25) is 0 Å². The smallest absolute Gasteiger partial charge is 0.159 e. The summed E-state index contributed by atoms with van der Waals surface area (Å²) in [5.41, 5.74) is -1.07. The average molecular weight is 671 g/mol. The average Bonchev–Trinajstić information content (AvgIpc) is 4.02. The highest BCUT2D eigenvalue weighted by Gasteiger charge is 2.21. The van der Waals surface area contributed by atoms with Gasteiger partial charge in [0, 0.05) is 38.0 Å². The van der Waals surface area contributed by atoms with Crippen LogP contribution in [0.3, 0.4) is 0 Å². The van der Waals surface area contributed by atoms with Gasteiger partial charge in [0.25, 0.3) is 0 Å². The quantitative estimate of drug-likeness (QED) is 0.183. The van der Waals surface area contributed by atoms with Crippen LogP contribution in [0.25, 0.3) is 99.2 Å². The summed E-state index contributed by atoms with van der Waals surface area (Å²) in [6.45, 7) is 0. The van der Waals surface area contributed by atoms with Crippen LogP contribution in [-0.4, -0.2) is 9.13 Å². The van der Waals surface area contributed by atoms with Gasteiger partial charge in [-0.2, -0.15) is 0 Å². The van der Waals surface area contributed by atoms with Crippen molar-refractivity contribution in [2.75, 3.05) is 0 Å². The summed E-state index contributed by atoms with van der Waals surface area (Å²) in [6, 6.07) is 4.19. The van der Waals surface area contributed by atoms with Gasteiger partial charge in [-0.1, -0.05) is 127 Å². The van der Waals surface area contributed by atoms with E-state index in [1.54, 1.807) is 30.3 Å². The third-order valence-corrected chi connectivity index (χ3v) is 9.13. The van der Waals surface area contributed by atoms with Crippen LogP contribution < -0.4 is 0 Å². The molecule has 51 heavy (non-hydrogen) atoms. The summed E-state index contributed by atoms with van der Waals surface area (Å²) in [5, 5.41) is -0.190. The van der Waals surface area contributed by atoms with Gasteiger partial charge in [-0.15, -0.1) is 0 Å². The van der Waals surface area contributed by atoms with Gasteiger partial charge in [-0.25, -0.2) is 0 Å². The van der Waals surface area contributed by atoms with Gasteiger partial charge in [0.1, 0.15) is 5.58 Å². The first kappa shape index (κ1) is 15.0. The Morgan fingerprint density at radius 3 is 2.10 bits per heavy atom. The third kappa shape index (κ3) is 4.06. The van der Waals surface area contributed by atoms with E-state index in [1.807, 2.05) is 0 Å². The van der Waals surface area contributed by atoms with Crippen molar-refractivity contribution in [3.8, 4) is 33.6 Å². The molecular formula is C48H30N2O. The molecule has 0 spiro atoms. The van der Waals surface area contributed by atoms with E-state index in [-0.39, 0.29) is 112 Å². The minimum atomic E-state index is -0.683. The number of fused-ring (bicyclic) bond motifs is 9. The van der Waals surface area contributed by atoms with Crippen LogP contribution in [0.1, 0.15) is 27.4 Å². The van der Waals surface area contributed by atoms with Gasteiger partial charge >= 0.3 is 0 Å². The predicted octanol–water partition coefficient (Wildman–Crippen LogP) is 13.1. The lowest BCUT2D eigenvalue weighted by Gasteiger charge is -2.10. The Balaban J connectivity index is 1.32. The number of furan rings is 1. The summed E-state index contributed by atoms with van der Waals surface area (Å²) >= 11 is 0. The lowest BCUT2D eigenvalue weighted by molar-refractivity contribution is 0.666. The summed E-state index contributed by atoms with van der Waals surface area (Å²) in [6.07, 6.45) is 0. The zero-order valence-electron chi connectivity index (χ0n) is 46.1. The van der Waals surface area contributed by atoms with E-state index < -0.39 is 103 Å². The van der Waals surface area contributed by atoms with Crippen molar-refractivity contribution in [1.82, 2.24) is 9.13 Å². The van der Waals surface area contributed by atoms with E-state index in [0.717, 1.165) is 6.07 Å². The number of nitrogens with zero attached hydrogens (tertiary/aromatic N) is 2. The lowest BCUT2D eigenvalue weighted by atomic mass is 9.98. The summed E-state index contributed by atoms with van der Waals surface area (Å²) in [5.74, 6) is 0. The van der Waals surface area contributed by atoms with Crippen molar-refractivity contribution < 1.29 is 31.8 Å². The molecule has 0 N–H and O–H groups in total. The molecule has 8 aromatic carbocycles. The molecule has 3 nitrogen and oxygen atoms in total. The third-order valence-electron chi connectivity index (χ3n) is 9.13. The first-order valence-electron chi connectivity index (χ1n) is 25.8. The van der Waals surface area contributed by atoms with Crippen molar-refractivity contribution in [1.29, 1.82) is 0 Å².